The number of nitrogens with two attached hydrogens (primary N) is 2. The average Bonchev–Trinajstić information content (AvgIpc) is 2.34. The van der Waals surface area contributed by atoms with E-state index in [0.717, 1.165) is 11.1 Å². The Hall–Kier alpha value is -1.51. The van der Waals surface area contributed by atoms with Crippen LogP contribution in [0.4, 0.5) is 11.4 Å². The molecular formula is C12H10Cl2N2O4S-2. The molecule has 0 saturated carbocycles. The van der Waals surface area contributed by atoms with E-state index >= 15 is 0 Å². The first-order valence-electron chi connectivity index (χ1n) is 5.35. The molecule has 0 aliphatic carbocycles. The van der Waals surface area contributed by atoms with Gasteiger partial charge in [-0.25, -0.2) is 0 Å². The van der Waals surface area contributed by atoms with Gasteiger partial charge in [0, 0.05) is 10.4 Å². The lowest BCUT2D eigenvalue weighted by atomic mass is 10.1. The standard InChI is InChI=1S/C12H10Cl2N2.H2O4S/c13-9-5-7(1-3-11(9)15)8-2-4-12(16)10(14)6-8;1-5(2,3)4/h1-6H,15-16H2;(H2,1,2,3,4)/p-2. The summed E-state index contributed by atoms with van der Waals surface area (Å²) in [6.45, 7) is 0. The van der Waals surface area contributed by atoms with Crippen LogP contribution >= 0.6 is 23.2 Å². The van der Waals surface area contributed by atoms with Crippen LogP contribution in [0.25, 0.3) is 11.1 Å². The van der Waals surface area contributed by atoms with E-state index in [4.69, 9.17) is 52.2 Å². The van der Waals surface area contributed by atoms with Crippen molar-refractivity contribution in [2.24, 2.45) is 0 Å². The zero-order valence-electron chi connectivity index (χ0n) is 10.4. The second kappa shape index (κ2) is 6.97. The summed E-state index contributed by atoms with van der Waals surface area (Å²) in [5.41, 5.74) is 14.3. The first kappa shape index (κ1) is 17.5. The van der Waals surface area contributed by atoms with E-state index in [1.54, 1.807) is 24.3 Å². The van der Waals surface area contributed by atoms with Gasteiger partial charge in [-0.1, -0.05) is 35.3 Å². The Morgan fingerprint density at radius 3 is 1.33 bits per heavy atom. The van der Waals surface area contributed by atoms with Crippen LogP contribution < -0.4 is 11.5 Å². The molecule has 114 valence electrons. The molecule has 2 aromatic rings. The van der Waals surface area contributed by atoms with Crippen molar-refractivity contribution in [1.82, 2.24) is 0 Å². The van der Waals surface area contributed by atoms with Crippen molar-refractivity contribution in [2.45, 2.75) is 0 Å². The predicted octanol–water partition coefficient (Wildman–Crippen LogP) is 2.49. The van der Waals surface area contributed by atoms with Crippen LogP contribution in [0.15, 0.2) is 36.4 Å². The van der Waals surface area contributed by atoms with E-state index in [-0.39, 0.29) is 0 Å². The highest BCUT2D eigenvalue weighted by atomic mass is 35.5. The second-order valence-corrected chi connectivity index (χ2v) is 5.51. The average molecular weight is 349 g/mol. The summed E-state index contributed by atoms with van der Waals surface area (Å²) in [6, 6.07) is 10.9. The number of nitrogen functional groups attached to an aromatic ring is 2. The molecular weight excluding hydrogens is 339 g/mol. The van der Waals surface area contributed by atoms with Gasteiger partial charge >= 0.3 is 0 Å². The molecule has 4 N–H and O–H groups in total. The maximum Gasteiger partial charge on any atom is 0.0641 e. The third-order valence-corrected chi connectivity index (χ3v) is 2.99. The van der Waals surface area contributed by atoms with Gasteiger partial charge < -0.3 is 20.6 Å². The summed E-state index contributed by atoms with van der Waals surface area (Å²) in [6.07, 6.45) is 0. The minimum Gasteiger partial charge on any atom is -0.759 e. The van der Waals surface area contributed by atoms with Crippen LogP contribution in [0, 0.1) is 0 Å². The molecule has 21 heavy (non-hydrogen) atoms. The lowest BCUT2D eigenvalue weighted by molar-refractivity contribution is 0.352. The highest BCUT2D eigenvalue weighted by Gasteiger charge is 2.03. The van der Waals surface area contributed by atoms with Gasteiger partial charge in [0.25, 0.3) is 0 Å². The van der Waals surface area contributed by atoms with E-state index in [9.17, 15) is 0 Å². The Bertz CT molecular complexity index is 693. The summed E-state index contributed by atoms with van der Waals surface area (Å²) in [5, 5.41) is 1.07. The molecule has 2 aromatic carbocycles. The maximum absolute atomic E-state index is 8.52. The van der Waals surface area contributed by atoms with Gasteiger partial charge in [-0.05, 0) is 35.4 Å². The number of benzene rings is 2. The fourth-order valence-electron chi connectivity index (χ4n) is 1.41. The fraction of sp³-hybridized carbons (Fsp3) is 0. The number of hydrogen-bond acceptors (Lipinski definition) is 6. The summed E-state index contributed by atoms with van der Waals surface area (Å²) < 4.78 is 34.1. The van der Waals surface area contributed by atoms with Crippen molar-refractivity contribution in [1.29, 1.82) is 0 Å². The van der Waals surface area contributed by atoms with E-state index < -0.39 is 10.4 Å². The summed E-state index contributed by atoms with van der Waals surface area (Å²) >= 11 is 11.9. The molecule has 0 radical (unpaired) electrons. The molecule has 0 aliphatic rings. The van der Waals surface area contributed by atoms with Gasteiger partial charge in [-0.15, -0.1) is 0 Å². The Morgan fingerprint density at radius 2 is 1.10 bits per heavy atom. The molecule has 6 nitrogen and oxygen atoms in total. The number of anilines is 2. The third-order valence-electron chi connectivity index (χ3n) is 2.33. The highest BCUT2D eigenvalue weighted by Crippen LogP contribution is 2.30. The van der Waals surface area contributed by atoms with Gasteiger partial charge in [0.15, 0.2) is 0 Å². The van der Waals surface area contributed by atoms with Crippen molar-refractivity contribution >= 4 is 45.0 Å². The highest BCUT2D eigenvalue weighted by molar-refractivity contribution is 7.79. The van der Waals surface area contributed by atoms with E-state index in [2.05, 4.69) is 0 Å². The Balaban J connectivity index is 0.000000383. The fourth-order valence-corrected chi connectivity index (χ4v) is 1.77. The van der Waals surface area contributed by atoms with Gasteiger partial charge in [0.05, 0.1) is 21.4 Å². The van der Waals surface area contributed by atoms with Gasteiger partial charge in [-0.2, -0.15) is 0 Å². The van der Waals surface area contributed by atoms with Crippen LogP contribution in [0.3, 0.4) is 0 Å². The topological polar surface area (TPSA) is 132 Å². The van der Waals surface area contributed by atoms with Crippen molar-refractivity contribution < 1.29 is 17.5 Å². The van der Waals surface area contributed by atoms with Crippen LogP contribution in [0.5, 0.6) is 0 Å². The Labute approximate surface area is 131 Å². The first-order valence-corrected chi connectivity index (χ1v) is 7.44. The lowest BCUT2D eigenvalue weighted by Gasteiger charge is -2.06. The third kappa shape index (κ3) is 6.19. The molecule has 0 aliphatic heterocycles. The van der Waals surface area contributed by atoms with Crippen LogP contribution in [-0.4, -0.2) is 17.5 Å². The zero-order valence-corrected chi connectivity index (χ0v) is 12.7. The summed E-state index contributed by atoms with van der Waals surface area (Å²) in [5.74, 6) is 0. The predicted molar refractivity (Wildman–Crippen MR) is 81.2 cm³/mol. The van der Waals surface area contributed by atoms with Crippen LogP contribution in [0.2, 0.25) is 10.0 Å². The minimum absolute atomic E-state index is 0.533. The van der Waals surface area contributed by atoms with Gasteiger partial charge in [0.2, 0.25) is 0 Å². The minimum atomic E-state index is -5.17. The van der Waals surface area contributed by atoms with Crippen molar-refractivity contribution in [3.63, 3.8) is 0 Å². The molecule has 0 unspecified atom stereocenters. The molecule has 0 saturated heterocycles. The molecule has 0 spiro atoms. The molecule has 9 heteroatoms. The first-order chi connectivity index (χ1) is 9.58. The Morgan fingerprint density at radius 1 is 0.810 bits per heavy atom. The second-order valence-electron chi connectivity index (χ2n) is 3.88. The summed E-state index contributed by atoms with van der Waals surface area (Å²) in [7, 11) is -5.17. The normalized spacial score (nSPS) is 10.7. The Kier molecular flexibility index (Phi) is 5.82. The van der Waals surface area contributed by atoms with Gasteiger partial charge in [-0.3, -0.25) is 8.42 Å². The molecule has 0 heterocycles. The van der Waals surface area contributed by atoms with Crippen molar-refractivity contribution in [3.8, 4) is 11.1 Å². The van der Waals surface area contributed by atoms with Crippen LogP contribution in [0.1, 0.15) is 0 Å². The summed E-state index contributed by atoms with van der Waals surface area (Å²) in [4.78, 5) is 0. The van der Waals surface area contributed by atoms with E-state index in [1.165, 1.54) is 0 Å². The van der Waals surface area contributed by atoms with Crippen LogP contribution in [-0.2, 0) is 10.4 Å². The molecule has 0 fully saturated rings. The molecule has 0 amide bonds. The van der Waals surface area contributed by atoms with E-state index in [1.807, 2.05) is 12.1 Å². The zero-order chi connectivity index (χ0) is 16.2. The number of rotatable bonds is 1. The SMILES string of the molecule is Nc1ccc(-c2ccc(N)c(Cl)c2)cc1Cl.O=S(=O)([O-])[O-]. The number of halogens is 2. The van der Waals surface area contributed by atoms with E-state index in [0.29, 0.717) is 21.4 Å². The number of hydrogen-bond donors (Lipinski definition) is 2. The largest absolute Gasteiger partial charge is 0.759 e. The van der Waals surface area contributed by atoms with Crippen molar-refractivity contribution in [2.75, 3.05) is 11.5 Å². The maximum atomic E-state index is 8.52. The molecule has 2 rings (SSSR count). The van der Waals surface area contributed by atoms with Crippen molar-refractivity contribution in [3.05, 3.63) is 46.4 Å². The quantitative estimate of drug-likeness (QED) is 0.462. The van der Waals surface area contributed by atoms with Gasteiger partial charge in [0.1, 0.15) is 0 Å². The monoisotopic (exact) mass is 348 g/mol. The smallest absolute Gasteiger partial charge is 0.0641 e. The molecule has 0 bridgehead atoms. The lowest BCUT2D eigenvalue weighted by Crippen LogP contribution is -1.91. The molecule has 0 aromatic heterocycles. The molecule has 0 atom stereocenters.